The van der Waals surface area contributed by atoms with Crippen molar-refractivity contribution in [1.82, 2.24) is 20.9 Å². The quantitative estimate of drug-likeness (QED) is 0.130. The highest BCUT2D eigenvalue weighted by atomic mass is 16.4. The predicted molar refractivity (Wildman–Crippen MR) is 144 cm³/mol. The van der Waals surface area contributed by atoms with Crippen LogP contribution in [0.5, 0.6) is 0 Å². The van der Waals surface area contributed by atoms with Crippen LogP contribution in [0.3, 0.4) is 0 Å². The molecule has 0 aliphatic rings. The highest BCUT2D eigenvalue weighted by Gasteiger charge is 2.33. The molecule has 0 spiro atoms. The molecule has 14 heteroatoms. The summed E-state index contributed by atoms with van der Waals surface area (Å²) in [4.78, 5) is 75.9. The monoisotopic (exact) mass is 560 g/mol. The van der Waals surface area contributed by atoms with E-state index in [2.05, 4.69) is 20.9 Å². The Bertz CT molecular complexity index is 1240. The van der Waals surface area contributed by atoms with Crippen LogP contribution in [0.1, 0.15) is 45.1 Å². The van der Waals surface area contributed by atoms with Crippen LogP contribution in [-0.2, 0) is 35.2 Å². The number of fused-ring (bicyclic) bond motifs is 1. The van der Waals surface area contributed by atoms with Crippen molar-refractivity contribution in [2.75, 3.05) is 0 Å². The van der Waals surface area contributed by atoms with Crippen molar-refractivity contribution >= 4 is 46.5 Å². The number of carbonyl (C=O) groups is 6. The summed E-state index contributed by atoms with van der Waals surface area (Å²) in [5, 5.41) is 26.4. The zero-order valence-electron chi connectivity index (χ0n) is 22.3. The molecule has 0 aliphatic heterocycles. The lowest BCUT2D eigenvalue weighted by Gasteiger charge is -2.27. The van der Waals surface area contributed by atoms with Crippen molar-refractivity contribution in [1.29, 1.82) is 0 Å². The molecular formula is C26H36N6O8. The number of aromatic amines is 1. The number of primary amides is 1. The summed E-state index contributed by atoms with van der Waals surface area (Å²) in [6.45, 7) is 3.49. The van der Waals surface area contributed by atoms with E-state index in [1.165, 1.54) is 0 Å². The number of amides is 4. The topological polar surface area (TPSA) is 247 Å². The molecular weight excluding hydrogens is 524 g/mol. The highest BCUT2D eigenvalue weighted by Crippen LogP contribution is 2.19. The number of nitrogens with two attached hydrogens (primary N) is 2. The van der Waals surface area contributed by atoms with Crippen LogP contribution in [0.4, 0.5) is 0 Å². The molecule has 4 amide bonds. The molecule has 1 aromatic heterocycles. The Hall–Kier alpha value is -4.46. The second-order valence-electron chi connectivity index (χ2n) is 9.61. The number of aliphatic carboxylic acids is 2. The lowest BCUT2D eigenvalue weighted by atomic mass is 9.96. The number of H-pyrrole nitrogens is 1. The number of hydrogen-bond donors (Lipinski definition) is 8. The first-order valence-electron chi connectivity index (χ1n) is 12.8. The molecule has 0 radical (unpaired) electrons. The fourth-order valence-corrected chi connectivity index (χ4v) is 4.06. The molecule has 2 rings (SSSR count). The van der Waals surface area contributed by atoms with E-state index in [0.717, 1.165) is 16.5 Å². The van der Waals surface area contributed by atoms with E-state index in [0.29, 0.717) is 6.42 Å². The number of rotatable bonds is 16. The van der Waals surface area contributed by atoms with Crippen molar-refractivity contribution < 1.29 is 39.0 Å². The Balaban J connectivity index is 2.17. The second-order valence-corrected chi connectivity index (χ2v) is 9.61. The fourth-order valence-electron chi connectivity index (χ4n) is 4.06. The van der Waals surface area contributed by atoms with Gasteiger partial charge in [0.15, 0.2) is 0 Å². The van der Waals surface area contributed by atoms with Crippen molar-refractivity contribution in [3.63, 3.8) is 0 Å². The molecule has 0 saturated carbocycles. The van der Waals surface area contributed by atoms with E-state index in [4.69, 9.17) is 16.6 Å². The van der Waals surface area contributed by atoms with Gasteiger partial charge in [0.2, 0.25) is 23.6 Å². The number of hydrogen-bond acceptors (Lipinski definition) is 7. The van der Waals surface area contributed by atoms with E-state index in [-0.39, 0.29) is 12.8 Å². The molecule has 5 atom stereocenters. The third kappa shape index (κ3) is 9.08. The van der Waals surface area contributed by atoms with Gasteiger partial charge in [-0.05, 0) is 30.4 Å². The number of carboxylic acid groups (broad SMARTS) is 2. The van der Waals surface area contributed by atoms with E-state index >= 15 is 0 Å². The second kappa shape index (κ2) is 14.6. The van der Waals surface area contributed by atoms with E-state index < -0.39 is 78.5 Å². The van der Waals surface area contributed by atoms with Gasteiger partial charge in [-0.2, -0.15) is 0 Å². The predicted octanol–water partition coefficient (Wildman–Crippen LogP) is -0.637. The minimum absolute atomic E-state index is 0.185. The molecule has 0 bridgehead atoms. The summed E-state index contributed by atoms with van der Waals surface area (Å²) < 4.78 is 0. The summed E-state index contributed by atoms with van der Waals surface area (Å²) in [6.07, 6.45) is 0.789. The van der Waals surface area contributed by atoms with Crippen LogP contribution in [0.25, 0.3) is 10.9 Å². The van der Waals surface area contributed by atoms with Crippen LogP contribution in [0.15, 0.2) is 30.5 Å². The normalized spacial score (nSPS) is 14.8. The standard InChI is InChI=1S/C26H36N6O8/c1-3-13(2)22(32-23(36)16(27)10-14-12-29-17-7-5-4-6-15(14)17)25(38)30-18(8-9-21(34)35)24(37)31-19(26(39)40)11-20(28)33/h4-7,12-13,16,18-19,22,29H,3,8-11,27H2,1-2H3,(H2,28,33)(H,30,38)(H,31,37)(H,32,36)(H,34,35)(H,39,40). The van der Waals surface area contributed by atoms with Gasteiger partial charge in [0.05, 0.1) is 12.5 Å². The van der Waals surface area contributed by atoms with Crippen LogP contribution >= 0.6 is 0 Å². The third-order valence-corrected chi connectivity index (χ3v) is 6.54. The lowest BCUT2D eigenvalue weighted by molar-refractivity contribution is -0.144. The summed E-state index contributed by atoms with van der Waals surface area (Å²) in [6, 6.07) is 2.22. The number of aromatic nitrogens is 1. The maximum absolute atomic E-state index is 13.3. The first kappa shape index (κ1) is 31.8. The summed E-state index contributed by atoms with van der Waals surface area (Å²) >= 11 is 0. The molecule has 0 fully saturated rings. The van der Waals surface area contributed by atoms with Crippen molar-refractivity contribution in [3.8, 4) is 0 Å². The first-order chi connectivity index (χ1) is 18.8. The largest absolute Gasteiger partial charge is 0.481 e. The molecule has 14 nitrogen and oxygen atoms in total. The molecule has 2 aromatic rings. The molecule has 0 aliphatic carbocycles. The van der Waals surface area contributed by atoms with E-state index in [9.17, 15) is 33.9 Å². The van der Waals surface area contributed by atoms with Crippen molar-refractivity contribution in [2.45, 2.75) is 70.1 Å². The zero-order chi connectivity index (χ0) is 30.0. The van der Waals surface area contributed by atoms with Gasteiger partial charge in [-0.1, -0.05) is 38.5 Å². The van der Waals surface area contributed by atoms with E-state index in [1.807, 2.05) is 24.3 Å². The van der Waals surface area contributed by atoms with Gasteiger partial charge in [-0.25, -0.2) is 4.79 Å². The number of carboxylic acids is 2. The summed E-state index contributed by atoms with van der Waals surface area (Å²) in [7, 11) is 0. The van der Waals surface area contributed by atoms with Gasteiger partial charge >= 0.3 is 11.9 Å². The summed E-state index contributed by atoms with van der Waals surface area (Å²) in [5.74, 6) is -6.60. The Morgan fingerprint density at radius 3 is 2.20 bits per heavy atom. The van der Waals surface area contributed by atoms with Gasteiger partial charge in [0, 0.05) is 23.5 Å². The molecule has 40 heavy (non-hydrogen) atoms. The van der Waals surface area contributed by atoms with Gasteiger partial charge < -0.3 is 42.6 Å². The molecule has 5 unspecified atom stereocenters. The SMILES string of the molecule is CCC(C)C(NC(=O)C(N)Cc1c[nH]c2ccccc12)C(=O)NC(CCC(=O)O)C(=O)NC(CC(N)=O)C(=O)O. The zero-order valence-corrected chi connectivity index (χ0v) is 22.3. The Labute approximate surface area is 230 Å². The van der Waals surface area contributed by atoms with Gasteiger partial charge in [0.25, 0.3) is 0 Å². The number of nitrogens with one attached hydrogen (secondary N) is 4. The van der Waals surface area contributed by atoms with Crippen LogP contribution in [-0.4, -0.2) is 74.9 Å². The van der Waals surface area contributed by atoms with Gasteiger partial charge in [-0.15, -0.1) is 0 Å². The average Bonchev–Trinajstić information content (AvgIpc) is 3.30. The Kier molecular flexibility index (Phi) is 11.6. The molecule has 0 saturated heterocycles. The number of benzene rings is 1. The smallest absolute Gasteiger partial charge is 0.326 e. The van der Waals surface area contributed by atoms with E-state index in [1.54, 1.807) is 20.0 Å². The molecule has 218 valence electrons. The minimum atomic E-state index is -1.68. The van der Waals surface area contributed by atoms with Crippen LogP contribution in [0.2, 0.25) is 0 Å². The highest BCUT2D eigenvalue weighted by molar-refractivity contribution is 5.95. The number of carbonyl (C=O) groups excluding carboxylic acids is 4. The molecule has 1 heterocycles. The molecule has 1 aromatic carbocycles. The van der Waals surface area contributed by atoms with Crippen LogP contribution in [0, 0.1) is 5.92 Å². The van der Waals surface area contributed by atoms with Gasteiger partial charge in [0.1, 0.15) is 18.1 Å². The lowest BCUT2D eigenvalue weighted by Crippen LogP contribution is -2.59. The van der Waals surface area contributed by atoms with Crippen molar-refractivity contribution in [2.24, 2.45) is 17.4 Å². The van der Waals surface area contributed by atoms with Gasteiger partial charge in [-0.3, -0.25) is 24.0 Å². The minimum Gasteiger partial charge on any atom is -0.481 e. The molecule has 10 N–H and O–H groups in total. The number of para-hydroxylation sites is 1. The third-order valence-electron chi connectivity index (χ3n) is 6.54. The maximum atomic E-state index is 13.3. The van der Waals surface area contributed by atoms with Crippen molar-refractivity contribution in [3.05, 3.63) is 36.0 Å². The fraction of sp³-hybridized carbons (Fsp3) is 0.462. The first-order valence-corrected chi connectivity index (χ1v) is 12.8. The Morgan fingerprint density at radius 1 is 0.950 bits per heavy atom. The maximum Gasteiger partial charge on any atom is 0.326 e. The average molecular weight is 561 g/mol. The Morgan fingerprint density at radius 2 is 1.60 bits per heavy atom. The van der Waals surface area contributed by atoms with Crippen LogP contribution < -0.4 is 27.4 Å². The summed E-state index contributed by atoms with van der Waals surface area (Å²) in [5.41, 5.74) is 12.9.